The largest absolute Gasteiger partial charge is 0.481 e. The lowest BCUT2D eigenvalue weighted by Crippen LogP contribution is -2.61. The molecule has 4 heterocycles. The molecule has 1 fully saturated rings. The Morgan fingerprint density at radius 1 is 1.09 bits per heavy atom. The number of benzene rings is 1. The third-order valence-electron chi connectivity index (χ3n) is 5.87. The van der Waals surface area contributed by atoms with E-state index in [0.717, 1.165) is 35.2 Å². The summed E-state index contributed by atoms with van der Waals surface area (Å²) in [6.07, 6.45) is -1.66. The lowest BCUT2D eigenvalue weighted by atomic mass is 9.97. The highest BCUT2D eigenvalue weighted by molar-refractivity contribution is 5.59. The number of aryl methyl sites for hydroxylation is 1. The minimum absolute atomic E-state index is 0.0907. The van der Waals surface area contributed by atoms with Crippen LogP contribution in [0.3, 0.4) is 0 Å². The summed E-state index contributed by atoms with van der Waals surface area (Å²) in [5, 5.41) is 7.28. The topological polar surface area (TPSA) is 59.3 Å². The Bertz CT molecular complexity index is 1120. The van der Waals surface area contributed by atoms with Crippen LogP contribution in [0.4, 0.5) is 29.2 Å². The molecule has 0 unspecified atom stereocenters. The first-order valence-corrected chi connectivity index (χ1v) is 10.2. The van der Waals surface area contributed by atoms with Gasteiger partial charge in [-0.05, 0) is 42.7 Å². The van der Waals surface area contributed by atoms with E-state index >= 15 is 0 Å². The van der Waals surface area contributed by atoms with Gasteiger partial charge in [-0.15, -0.1) is 10.2 Å². The number of hydrogen-bond acceptors (Lipinski definition) is 6. The average Bonchev–Trinajstić information content (AvgIpc) is 3.18. The first-order chi connectivity index (χ1) is 15.3. The minimum Gasteiger partial charge on any atom is -0.481 e. The maximum absolute atomic E-state index is 13.6. The second-order valence-corrected chi connectivity index (χ2v) is 7.84. The van der Waals surface area contributed by atoms with Crippen LogP contribution in [-0.4, -0.2) is 52.5 Å². The number of halogens is 4. The Hall–Kier alpha value is -3.37. The van der Waals surface area contributed by atoms with Crippen LogP contribution in [0.5, 0.6) is 5.88 Å². The monoisotopic (exact) mass is 448 g/mol. The van der Waals surface area contributed by atoms with E-state index in [1.54, 1.807) is 17.0 Å². The van der Waals surface area contributed by atoms with Crippen molar-refractivity contribution in [2.45, 2.75) is 25.1 Å². The summed E-state index contributed by atoms with van der Waals surface area (Å²) in [6, 6.07) is 7.84. The summed E-state index contributed by atoms with van der Waals surface area (Å²) < 4.78 is 60.4. The predicted molar refractivity (Wildman–Crippen MR) is 109 cm³/mol. The molecule has 1 saturated heterocycles. The van der Waals surface area contributed by atoms with Crippen LogP contribution >= 0.6 is 0 Å². The Morgan fingerprint density at radius 3 is 2.59 bits per heavy atom. The predicted octanol–water partition coefficient (Wildman–Crippen LogP) is 3.47. The van der Waals surface area contributed by atoms with E-state index in [1.807, 2.05) is 0 Å². The molecule has 7 nitrogen and oxygen atoms in total. The molecule has 11 heteroatoms. The Morgan fingerprint density at radius 2 is 1.91 bits per heavy atom. The quantitative estimate of drug-likeness (QED) is 0.570. The van der Waals surface area contributed by atoms with Gasteiger partial charge >= 0.3 is 6.18 Å². The van der Waals surface area contributed by atoms with Crippen molar-refractivity contribution in [3.05, 3.63) is 53.7 Å². The number of rotatable bonds is 4. The van der Waals surface area contributed by atoms with Crippen molar-refractivity contribution in [2.75, 3.05) is 36.5 Å². The van der Waals surface area contributed by atoms with Crippen LogP contribution < -0.4 is 14.5 Å². The standard InChI is InChI=1S/C21H20F4N6O/c1-32-18-7-5-15(10-26-18)31-19(21(23,24)25)27-28-20(31)29-11-16(12-29)30-8-2-3-13-9-14(22)4-6-17(13)30/h4-7,9-10,16H,2-3,8,11-12H2,1H3. The zero-order valence-electron chi connectivity index (χ0n) is 17.2. The molecule has 0 atom stereocenters. The van der Waals surface area contributed by atoms with Crippen molar-refractivity contribution in [3.63, 3.8) is 0 Å². The number of anilines is 2. The third-order valence-corrected chi connectivity index (χ3v) is 5.87. The fourth-order valence-corrected chi connectivity index (χ4v) is 4.32. The van der Waals surface area contributed by atoms with E-state index in [9.17, 15) is 17.6 Å². The zero-order chi connectivity index (χ0) is 22.5. The molecule has 5 rings (SSSR count). The van der Waals surface area contributed by atoms with Crippen molar-refractivity contribution in [1.82, 2.24) is 19.7 Å². The van der Waals surface area contributed by atoms with Gasteiger partial charge in [0.25, 0.3) is 0 Å². The molecule has 1 aromatic carbocycles. The second-order valence-electron chi connectivity index (χ2n) is 7.84. The SMILES string of the molecule is COc1ccc(-n2c(N3CC(N4CCCc5cc(F)ccc54)C3)nnc2C(F)(F)F)cn1. The van der Waals surface area contributed by atoms with Crippen LogP contribution in [0.2, 0.25) is 0 Å². The second kappa shape index (κ2) is 7.64. The summed E-state index contributed by atoms with van der Waals surface area (Å²) >= 11 is 0. The maximum atomic E-state index is 13.6. The molecule has 0 aliphatic carbocycles. The molecule has 0 bridgehead atoms. The lowest BCUT2D eigenvalue weighted by molar-refractivity contribution is -0.146. The normalized spacial score (nSPS) is 16.7. The van der Waals surface area contributed by atoms with E-state index in [2.05, 4.69) is 20.1 Å². The van der Waals surface area contributed by atoms with Gasteiger partial charge < -0.3 is 14.5 Å². The van der Waals surface area contributed by atoms with E-state index in [4.69, 9.17) is 4.74 Å². The van der Waals surface area contributed by atoms with Crippen LogP contribution in [0.25, 0.3) is 5.69 Å². The van der Waals surface area contributed by atoms with Gasteiger partial charge in [0, 0.05) is 31.4 Å². The number of hydrogen-bond donors (Lipinski definition) is 0. The molecule has 2 aliphatic rings. The molecule has 32 heavy (non-hydrogen) atoms. The smallest absolute Gasteiger partial charge is 0.452 e. The molecule has 2 aromatic heterocycles. The van der Waals surface area contributed by atoms with Crippen molar-refractivity contribution in [2.24, 2.45) is 0 Å². The number of aromatic nitrogens is 4. The van der Waals surface area contributed by atoms with E-state index in [0.29, 0.717) is 19.0 Å². The highest BCUT2D eigenvalue weighted by atomic mass is 19.4. The summed E-state index contributed by atoms with van der Waals surface area (Å²) in [5.74, 6) is -0.971. The zero-order valence-corrected chi connectivity index (χ0v) is 17.2. The van der Waals surface area contributed by atoms with Crippen LogP contribution in [0.1, 0.15) is 17.8 Å². The summed E-state index contributed by atoms with van der Waals surface area (Å²) in [5.41, 5.74) is 2.14. The Balaban J connectivity index is 1.42. The minimum atomic E-state index is -4.68. The molecule has 168 valence electrons. The highest BCUT2D eigenvalue weighted by Crippen LogP contribution is 2.36. The fraction of sp³-hybridized carbons (Fsp3) is 0.381. The van der Waals surface area contributed by atoms with E-state index in [-0.39, 0.29) is 23.5 Å². The number of pyridine rings is 1. The summed E-state index contributed by atoms with van der Waals surface area (Å²) in [4.78, 5) is 7.98. The summed E-state index contributed by atoms with van der Waals surface area (Å²) in [7, 11) is 1.43. The molecular formula is C21H20F4N6O. The molecule has 0 amide bonds. The number of fused-ring (bicyclic) bond motifs is 1. The number of nitrogens with zero attached hydrogens (tertiary/aromatic N) is 6. The van der Waals surface area contributed by atoms with Gasteiger partial charge in [0.1, 0.15) is 5.82 Å². The van der Waals surface area contributed by atoms with Crippen molar-refractivity contribution in [1.29, 1.82) is 0 Å². The van der Waals surface area contributed by atoms with Gasteiger partial charge in [-0.25, -0.2) is 9.37 Å². The van der Waals surface area contributed by atoms with Gasteiger partial charge in [0.15, 0.2) is 0 Å². The molecule has 2 aliphatic heterocycles. The van der Waals surface area contributed by atoms with Gasteiger partial charge in [-0.2, -0.15) is 13.2 Å². The highest BCUT2D eigenvalue weighted by Gasteiger charge is 2.42. The number of methoxy groups -OCH3 is 1. The maximum Gasteiger partial charge on any atom is 0.452 e. The lowest BCUT2D eigenvalue weighted by Gasteiger charge is -2.48. The first-order valence-electron chi connectivity index (χ1n) is 10.2. The van der Waals surface area contributed by atoms with Crippen molar-refractivity contribution >= 4 is 11.6 Å². The van der Waals surface area contributed by atoms with E-state index in [1.165, 1.54) is 31.5 Å². The fourth-order valence-electron chi connectivity index (χ4n) is 4.32. The molecule has 0 radical (unpaired) electrons. The van der Waals surface area contributed by atoms with Gasteiger partial charge in [0.05, 0.1) is 25.0 Å². The average molecular weight is 448 g/mol. The van der Waals surface area contributed by atoms with Gasteiger partial charge in [0.2, 0.25) is 17.7 Å². The molecule has 0 saturated carbocycles. The van der Waals surface area contributed by atoms with Crippen LogP contribution in [-0.2, 0) is 12.6 Å². The molecule has 0 spiro atoms. The molecule has 3 aromatic rings. The van der Waals surface area contributed by atoms with Gasteiger partial charge in [-0.3, -0.25) is 4.57 Å². The number of ether oxygens (including phenoxy) is 1. The van der Waals surface area contributed by atoms with Crippen molar-refractivity contribution in [3.8, 4) is 11.6 Å². The third kappa shape index (κ3) is 3.51. The van der Waals surface area contributed by atoms with Gasteiger partial charge in [-0.1, -0.05) is 0 Å². The Labute approximate surface area is 181 Å². The van der Waals surface area contributed by atoms with Crippen molar-refractivity contribution < 1.29 is 22.3 Å². The first kappa shape index (κ1) is 20.5. The summed E-state index contributed by atoms with van der Waals surface area (Å²) in [6.45, 7) is 1.78. The molecular weight excluding hydrogens is 428 g/mol. The molecule has 0 N–H and O–H groups in total. The Kier molecular flexibility index (Phi) is 4.90. The van der Waals surface area contributed by atoms with E-state index < -0.39 is 12.0 Å². The van der Waals surface area contributed by atoms with Crippen LogP contribution in [0, 0.1) is 5.82 Å². The van der Waals surface area contributed by atoms with Crippen LogP contribution in [0.15, 0.2) is 36.5 Å². The number of alkyl halides is 3.